The summed E-state index contributed by atoms with van der Waals surface area (Å²) in [6, 6.07) is 5.44. The second kappa shape index (κ2) is 7.17. The predicted molar refractivity (Wildman–Crippen MR) is 74.8 cm³/mol. The molecule has 1 atom stereocenters. The normalized spacial score (nSPS) is 18.4. The van der Waals surface area contributed by atoms with Crippen LogP contribution < -0.4 is 5.48 Å². The van der Waals surface area contributed by atoms with E-state index in [1.807, 2.05) is 0 Å². The highest BCUT2D eigenvalue weighted by Crippen LogP contribution is 2.19. The molecule has 0 bridgehead atoms. The largest absolute Gasteiger partial charge is 0.338 e. The molecule has 1 heterocycles. The number of likely N-dealkylation sites (tertiary alicyclic amines) is 1. The van der Waals surface area contributed by atoms with Gasteiger partial charge in [-0.05, 0) is 44.0 Å². The van der Waals surface area contributed by atoms with Gasteiger partial charge in [0.05, 0.1) is 12.5 Å². The SMILES string of the molecule is CCONC(=O)[C@@H]1CCCN(C(=O)c2ccc(F)cc2)C1. The minimum absolute atomic E-state index is 0.177. The van der Waals surface area contributed by atoms with Gasteiger partial charge in [-0.2, -0.15) is 0 Å². The fourth-order valence-electron chi connectivity index (χ4n) is 2.38. The van der Waals surface area contributed by atoms with Crippen molar-refractivity contribution in [3.63, 3.8) is 0 Å². The molecule has 0 aromatic heterocycles. The summed E-state index contributed by atoms with van der Waals surface area (Å²) in [7, 11) is 0. The number of carbonyl (C=O) groups excluding carboxylic acids is 2. The van der Waals surface area contributed by atoms with E-state index in [1.165, 1.54) is 24.3 Å². The lowest BCUT2D eigenvalue weighted by molar-refractivity contribution is -0.138. The van der Waals surface area contributed by atoms with E-state index in [0.29, 0.717) is 25.3 Å². The Kier molecular flexibility index (Phi) is 5.27. The van der Waals surface area contributed by atoms with Crippen molar-refractivity contribution in [3.05, 3.63) is 35.6 Å². The summed E-state index contributed by atoms with van der Waals surface area (Å²) < 4.78 is 12.9. The molecule has 0 unspecified atom stereocenters. The number of hydrogen-bond acceptors (Lipinski definition) is 3. The van der Waals surface area contributed by atoms with Gasteiger partial charge >= 0.3 is 0 Å². The van der Waals surface area contributed by atoms with Crippen LogP contribution in [0.2, 0.25) is 0 Å². The van der Waals surface area contributed by atoms with Crippen LogP contribution in [0.1, 0.15) is 30.1 Å². The molecule has 114 valence electrons. The van der Waals surface area contributed by atoms with Crippen LogP contribution in [0.4, 0.5) is 4.39 Å². The number of rotatable bonds is 4. The highest BCUT2D eigenvalue weighted by Gasteiger charge is 2.29. The number of nitrogens with one attached hydrogen (secondary N) is 1. The minimum atomic E-state index is -0.376. The standard InChI is InChI=1S/C15H19FN2O3/c1-2-21-17-14(19)12-4-3-9-18(10-12)15(20)11-5-7-13(16)8-6-11/h5-8,12H,2-4,9-10H2,1H3,(H,17,19)/t12-/m1/s1. The van der Waals surface area contributed by atoms with Crippen molar-refractivity contribution >= 4 is 11.8 Å². The number of piperidine rings is 1. The first-order valence-corrected chi connectivity index (χ1v) is 7.08. The van der Waals surface area contributed by atoms with Gasteiger partial charge in [0.1, 0.15) is 5.82 Å². The number of hydroxylamine groups is 1. The van der Waals surface area contributed by atoms with Crippen LogP contribution in [0.5, 0.6) is 0 Å². The smallest absolute Gasteiger partial charge is 0.253 e. The lowest BCUT2D eigenvalue weighted by Gasteiger charge is -2.32. The van der Waals surface area contributed by atoms with Gasteiger partial charge in [0, 0.05) is 18.7 Å². The Balaban J connectivity index is 1.98. The zero-order valence-corrected chi connectivity index (χ0v) is 12.0. The highest BCUT2D eigenvalue weighted by molar-refractivity contribution is 5.94. The Morgan fingerprint density at radius 1 is 1.38 bits per heavy atom. The van der Waals surface area contributed by atoms with Crippen molar-refractivity contribution in [1.82, 2.24) is 10.4 Å². The van der Waals surface area contributed by atoms with E-state index in [0.717, 1.165) is 12.8 Å². The van der Waals surface area contributed by atoms with Crippen LogP contribution in [0, 0.1) is 11.7 Å². The molecule has 5 nitrogen and oxygen atoms in total. The van der Waals surface area contributed by atoms with Crippen molar-refractivity contribution in [2.24, 2.45) is 5.92 Å². The summed E-state index contributed by atoms with van der Waals surface area (Å²) >= 11 is 0. The zero-order chi connectivity index (χ0) is 15.2. The van der Waals surface area contributed by atoms with Crippen LogP contribution in [0.15, 0.2) is 24.3 Å². The topological polar surface area (TPSA) is 58.6 Å². The number of hydrogen-bond donors (Lipinski definition) is 1. The van der Waals surface area contributed by atoms with Crippen LogP contribution in [-0.4, -0.2) is 36.4 Å². The van der Waals surface area contributed by atoms with E-state index in [1.54, 1.807) is 11.8 Å². The first-order chi connectivity index (χ1) is 10.1. The molecule has 0 radical (unpaired) electrons. The summed E-state index contributed by atoms with van der Waals surface area (Å²) in [5, 5.41) is 0. The molecule has 0 saturated carbocycles. The van der Waals surface area contributed by atoms with Gasteiger partial charge in [0.15, 0.2) is 0 Å². The molecule has 6 heteroatoms. The van der Waals surface area contributed by atoms with Crippen molar-refractivity contribution < 1.29 is 18.8 Å². The molecular weight excluding hydrogens is 275 g/mol. The van der Waals surface area contributed by atoms with Crippen LogP contribution >= 0.6 is 0 Å². The highest BCUT2D eigenvalue weighted by atomic mass is 19.1. The third-order valence-electron chi connectivity index (χ3n) is 3.49. The lowest BCUT2D eigenvalue weighted by atomic mass is 9.97. The van der Waals surface area contributed by atoms with Crippen molar-refractivity contribution in [3.8, 4) is 0 Å². The number of halogens is 1. The van der Waals surface area contributed by atoms with Gasteiger partial charge in [0.25, 0.3) is 5.91 Å². The molecule has 1 aromatic carbocycles. The Bertz CT molecular complexity index is 504. The van der Waals surface area contributed by atoms with Crippen molar-refractivity contribution in [2.45, 2.75) is 19.8 Å². The molecule has 1 saturated heterocycles. The van der Waals surface area contributed by atoms with E-state index in [2.05, 4.69) is 5.48 Å². The summed E-state index contributed by atoms with van der Waals surface area (Å²) in [5.74, 6) is -1.02. The first-order valence-electron chi connectivity index (χ1n) is 7.08. The summed E-state index contributed by atoms with van der Waals surface area (Å²) in [6.07, 6.45) is 1.49. The minimum Gasteiger partial charge on any atom is -0.338 e. The third kappa shape index (κ3) is 4.01. The second-order valence-electron chi connectivity index (χ2n) is 5.00. The van der Waals surface area contributed by atoms with Gasteiger partial charge in [-0.1, -0.05) is 0 Å². The third-order valence-corrected chi connectivity index (χ3v) is 3.49. The molecule has 0 spiro atoms. The molecule has 1 aliphatic heterocycles. The quantitative estimate of drug-likeness (QED) is 0.861. The molecule has 1 N–H and O–H groups in total. The average molecular weight is 294 g/mol. The maximum Gasteiger partial charge on any atom is 0.253 e. The molecular formula is C15H19FN2O3. The molecule has 2 rings (SSSR count). The second-order valence-corrected chi connectivity index (χ2v) is 5.00. The molecule has 1 aliphatic rings. The Morgan fingerprint density at radius 2 is 2.10 bits per heavy atom. The monoisotopic (exact) mass is 294 g/mol. The number of amides is 2. The summed E-state index contributed by atoms with van der Waals surface area (Å²) in [5.41, 5.74) is 2.81. The van der Waals surface area contributed by atoms with Gasteiger partial charge in [-0.15, -0.1) is 0 Å². The first kappa shape index (κ1) is 15.4. The number of carbonyl (C=O) groups is 2. The molecule has 1 aromatic rings. The Labute approximate surface area is 123 Å². The fourth-order valence-corrected chi connectivity index (χ4v) is 2.38. The van der Waals surface area contributed by atoms with E-state index in [9.17, 15) is 14.0 Å². The van der Waals surface area contributed by atoms with Gasteiger partial charge in [0.2, 0.25) is 5.91 Å². The van der Waals surface area contributed by atoms with E-state index in [-0.39, 0.29) is 23.5 Å². The number of nitrogens with zero attached hydrogens (tertiary/aromatic N) is 1. The van der Waals surface area contributed by atoms with Gasteiger partial charge in [-0.3, -0.25) is 14.4 Å². The molecule has 1 fully saturated rings. The van der Waals surface area contributed by atoms with Gasteiger partial charge < -0.3 is 4.90 Å². The average Bonchev–Trinajstić information content (AvgIpc) is 2.52. The maximum absolute atomic E-state index is 12.9. The molecule has 21 heavy (non-hydrogen) atoms. The van der Waals surface area contributed by atoms with E-state index >= 15 is 0 Å². The van der Waals surface area contributed by atoms with Gasteiger partial charge in [-0.25, -0.2) is 9.87 Å². The van der Waals surface area contributed by atoms with Crippen molar-refractivity contribution in [2.75, 3.05) is 19.7 Å². The maximum atomic E-state index is 12.9. The zero-order valence-electron chi connectivity index (χ0n) is 12.0. The number of benzene rings is 1. The summed E-state index contributed by atoms with van der Waals surface area (Å²) in [6.45, 7) is 3.14. The van der Waals surface area contributed by atoms with Crippen LogP contribution in [0.3, 0.4) is 0 Å². The van der Waals surface area contributed by atoms with Crippen LogP contribution in [0.25, 0.3) is 0 Å². The van der Waals surface area contributed by atoms with Crippen LogP contribution in [-0.2, 0) is 9.63 Å². The lowest BCUT2D eigenvalue weighted by Crippen LogP contribution is -2.45. The Morgan fingerprint density at radius 3 is 2.76 bits per heavy atom. The molecule has 0 aliphatic carbocycles. The van der Waals surface area contributed by atoms with E-state index < -0.39 is 0 Å². The van der Waals surface area contributed by atoms with Crippen molar-refractivity contribution in [1.29, 1.82) is 0 Å². The summed E-state index contributed by atoms with van der Waals surface area (Å²) in [4.78, 5) is 30.7. The fraction of sp³-hybridized carbons (Fsp3) is 0.467. The predicted octanol–water partition coefficient (Wildman–Crippen LogP) is 1.75. The molecule has 2 amide bonds. The van der Waals surface area contributed by atoms with E-state index in [4.69, 9.17) is 4.84 Å². The Hall–Kier alpha value is -1.95.